The minimum Gasteiger partial charge on any atom is -0.356 e. The Bertz CT molecular complexity index is 479. The first kappa shape index (κ1) is 16.4. The lowest BCUT2D eigenvalue weighted by atomic mass is 9.97. The molecule has 1 N–H and O–H groups in total. The summed E-state index contributed by atoms with van der Waals surface area (Å²) in [7, 11) is 0. The minimum absolute atomic E-state index is 0.0290. The summed E-state index contributed by atoms with van der Waals surface area (Å²) in [5.41, 5.74) is 0.671. The van der Waals surface area contributed by atoms with Crippen LogP contribution in [0.15, 0.2) is 12.1 Å². The molecule has 0 amide bonds. The lowest BCUT2D eigenvalue weighted by Gasteiger charge is -2.34. The van der Waals surface area contributed by atoms with Gasteiger partial charge in [-0.05, 0) is 31.5 Å². The molecule has 118 valence electrons. The van der Waals surface area contributed by atoms with E-state index in [-0.39, 0.29) is 13.0 Å². The fourth-order valence-corrected chi connectivity index (χ4v) is 2.64. The number of halogens is 4. The fraction of sp³-hybridized carbons (Fsp3) is 0.643. The first-order valence-corrected chi connectivity index (χ1v) is 7.47. The highest BCUT2D eigenvalue weighted by Gasteiger charge is 2.42. The molecular weight excluding hydrogens is 303 g/mol. The summed E-state index contributed by atoms with van der Waals surface area (Å²) in [5, 5.41) is 3.65. The zero-order valence-electron chi connectivity index (χ0n) is 11.9. The number of nitrogens with one attached hydrogen (secondary N) is 1. The lowest BCUT2D eigenvalue weighted by molar-refractivity contribution is -0.176. The monoisotopic (exact) mass is 321 g/mol. The van der Waals surface area contributed by atoms with Crippen LogP contribution >= 0.6 is 11.6 Å². The Balaban J connectivity index is 2.13. The summed E-state index contributed by atoms with van der Waals surface area (Å²) >= 11 is 6.07. The molecule has 1 aliphatic rings. The van der Waals surface area contributed by atoms with E-state index in [1.807, 2.05) is 6.92 Å². The molecule has 1 saturated heterocycles. The Labute approximate surface area is 127 Å². The van der Waals surface area contributed by atoms with Gasteiger partial charge < -0.3 is 10.2 Å². The van der Waals surface area contributed by atoms with Crippen LogP contribution in [-0.2, 0) is 6.54 Å². The molecule has 1 atom stereocenters. The third-order valence-electron chi connectivity index (χ3n) is 3.65. The van der Waals surface area contributed by atoms with Gasteiger partial charge in [0.05, 0.1) is 16.6 Å². The van der Waals surface area contributed by atoms with Crippen LogP contribution in [0.2, 0.25) is 5.02 Å². The molecule has 3 nitrogen and oxygen atoms in total. The maximum Gasteiger partial charge on any atom is 0.393 e. The molecule has 1 fully saturated rings. The molecule has 7 heteroatoms. The van der Waals surface area contributed by atoms with Crippen molar-refractivity contribution in [2.24, 2.45) is 5.92 Å². The largest absolute Gasteiger partial charge is 0.393 e. The van der Waals surface area contributed by atoms with Gasteiger partial charge in [-0.1, -0.05) is 18.5 Å². The molecule has 21 heavy (non-hydrogen) atoms. The van der Waals surface area contributed by atoms with E-state index in [2.05, 4.69) is 10.3 Å². The van der Waals surface area contributed by atoms with E-state index in [1.165, 1.54) is 0 Å². The van der Waals surface area contributed by atoms with Gasteiger partial charge in [0.25, 0.3) is 0 Å². The van der Waals surface area contributed by atoms with E-state index in [0.29, 0.717) is 36.0 Å². The normalized spacial score (nSPS) is 19.9. The molecule has 0 spiro atoms. The van der Waals surface area contributed by atoms with E-state index >= 15 is 0 Å². The van der Waals surface area contributed by atoms with Gasteiger partial charge in [-0.2, -0.15) is 13.2 Å². The van der Waals surface area contributed by atoms with Crippen LogP contribution < -0.4 is 10.2 Å². The Morgan fingerprint density at radius 1 is 1.43 bits per heavy atom. The van der Waals surface area contributed by atoms with Crippen LogP contribution in [0.3, 0.4) is 0 Å². The van der Waals surface area contributed by atoms with E-state index < -0.39 is 12.1 Å². The van der Waals surface area contributed by atoms with Gasteiger partial charge in [0.2, 0.25) is 0 Å². The highest BCUT2D eigenvalue weighted by atomic mass is 35.5. The highest BCUT2D eigenvalue weighted by Crippen LogP contribution is 2.34. The molecule has 2 rings (SSSR count). The van der Waals surface area contributed by atoms with Gasteiger partial charge in [0.15, 0.2) is 0 Å². The molecule has 2 heterocycles. The molecule has 0 radical (unpaired) electrons. The molecule has 0 aliphatic carbocycles. The van der Waals surface area contributed by atoms with Gasteiger partial charge in [-0.15, -0.1) is 0 Å². The summed E-state index contributed by atoms with van der Waals surface area (Å²) in [6.07, 6.45) is -3.42. The number of nitrogens with zero attached hydrogens (tertiary/aromatic N) is 2. The molecule has 0 aromatic carbocycles. The quantitative estimate of drug-likeness (QED) is 0.918. The van der Waals surface area contributed by atoms with Crippen molar-refractivity contribution in [1.29, 1.82) is 0 Å². The van der Waals surface area contributed by atoms with Gasteiger partial charge in [-0.25, -0.2) is 4.98 Å². The van der Waals surface area contributed by atoms with Crippen LogP contribution in [0, 0.1) is 5.92 Å². The number of hydrogen-bond acceptors (Lipinski definition) is 3. The first-order chi connectivity index (χ1) is 9.91. The van der Waals surface area contributed by atoms with E-state index in [1.54, 1.807) is 17.0 Å². The predicted molar refractivity (Wildman–Crippen MR) is 77.6 cm³/mol. The van der Waals surface area contributed by atoms with Crippen molar-refractivity contribution in [3.8, 4) is 0 Å². The number of anilines is 1. The molecular formula is C14H19ClF3N3. The fourth-order valence-electron chi connectivity index (χ4n) is 2.47. The van der Waals surface area contributed by atoms with Crippen LogP contribution in [0.5, 0.6) is 0 Å². The number of rotatable bonds is 4. The van der Waals surface area contributed by atoms with E-state index in [0.717, 1.165) is 6.54 Å². The van der Waals surface area contributed by atoms with Crippen molar-refractivity contribution in [2.45, 2.75) is 32.5 Å². The third kappa shape index (κ3) is 4.23. The predicted octanol–water partition coefficient (Wildman–Crippen LogP) is 3.62. The highest BCUT2D eigenvalue weighted by molar-refractivity contribution is 6.31. The summed E-state index contributed by atoms with van der Waals surface area (Å²) in [4.78, 5) is 6.12. The topological polar surface area (TPSA) is 28.2 Å². The summed E-state index contributed by atoms with van der Waals surface area (Å²) < 4.78 is 38.6. The number of piperidine rings is 1. The van der Waals surface area contributed by atoms with Crippen molar-refractivity contribution >= 4 is 17.4 Å². The van der Waals surface area contributed by atoms with Crippen molar-refractivity contribution < 1.29 is 13.2 Å². The number of aromatic nitrogens is 1. The molecule has 1 aliphatic heterocycles. The lowest BCUT2D eigenvalue weighted by Crippen LogP contribution is -2.42. The Morgan fingerprint density at radius 2 is 2.19 bits per heavy atom. The minimum atomic E-state index is -4.14. The van der Waals surface area contributed by atoms with Crippen molar-refractivity contribution in [3.05, 3.63) is 22.8 Å². The van der Waals surface area contributed by atoms with Crippen molar-refractivity contribution in [3.63, 3.8) is 0 Å². The maximum absolute atomic E-state index is 12.9. The van der Waals surface area contributed by atoms with Crippen LogP contribution in [0.25, 0.3) is 0 Å². The number of pyridine rings is 1. The van der Waals surface area contributed by atoms with Gasteiger partial charge >= 0.3 is 6.18 Å². The first-order valence-electron chi connectivity index (χ1n) is 7.09. The number of hydrogen-bond donors (Lipinski definition) is 1. The zero-order chi connectivity index (χ0) is 15.5. The van der Waals surface area contributed by atoms with E-state index in [4.69, 9.17) is 11.6 Å². The second-order valence-corrected chi connectivity index (χ2v) is 5.61. The smallest absolute Gasteiger partial charge is 0.356 e. The average Bonchev–Trinajstić information content (AvgIpc) is 2.46. The van der Waals surface area contributed by atoms with Crippen molar-refractivity contribution in [1.82, 2.24) is 10.3 Å². The standard InChI is InChI=1S/C14H19ClF3N3/c1-2-19-8-12-11(15)5-6-13(20-12)21-7-3-4-10(9-21)14(16,17)18/h5-6,10,19H,2-4,7-9H2,1H3. The van der Waals surface area contributed by atoms with Gasteiger partial charge in [0, 0.05) is 19.6 Å². The Morgan fingerprint density at radius 3 is 2.86 bits per heavy atom. The molecule has 0 bridgehead atoms. The molecule has 0 saturated carbocycles. The van der Waals surface area contributed by atoms with Crippen LogP contribution in [0.1, 0.15) is 25.5 Å². The van der Waals surface area contributed by atoms with Gasteiger partial charge in [-0.3, -0.25) is 0 Å². The summed E-state index contributed by atoms with van der Waals surface area (Å²) in [6, 6.07) is 3.39. The Kier molecular flexibility index (Phi) is 5.32. The second-order valence-electron chi connectivity index (χ2n) is 5.21. The molecule has 1 aromatic heterocycles. The summed E-state index contributed by atoms with van der Waals surface area (Å²) in [6.45, 7) is 3.83. The zero-order valence-corrected chi connectivity index (χ0v) is 12.6. The van der Waals surface area contributed by atoms with Crippen LogP contribution in [0.4, 0.5) is 19.0 Å². The third-order valence-corrected chi connectivity index (χ3v) is 4.00. The van der Waals surface area contributed by atoms with E-state index in [9.17, 15) is 13.2 Å². The number of alkyl halides is 3. The maximum atomic E-state index is 12.9. The average molecular weight is 322 g/mol. The summed E-state index contributed by atoms with van der Waals surface area (Å²) in [5.74, 6) is -0.706. The second kappa shape index (κ2) is 6.83. The van der Waals surface area contributed by atoms with Gasteiger partial charge in [0.1, 0.15) is 5.82 Å². The van der Waals surface area contributed by atoms with Crippen molar-refractivity contribution in [2.75, 3.05) is 24.5 Å². The van der Waals surface area contributed by atoms with Crippen LogP contribution in [-0.4, -0.2) is 30.8 Å². The SMILES string of the molecule is CCNCc1nc(N2CCCC(C(F)(F)F)C2)ccc1Cl. The molecule has 1 unspecified atom stereocenters. The Hall–Kier alpha value is -1.01. The molecule has 1 aromatic rings.